The van der Waals surface area contributed by atoms with Crippen LogP contribution in [0.3, 0.4) is 0 Å². The van der Waals surface area contributed by atoms with E-state index in [-0.39, 0.29) is 29.3 Å². The van der Waals surface area contributed by atoms with Gasteiger partial charge in [-0.25, -0.2) is 4.79 Å². The fraction of sp³-hybridized carbons (Fsp3) is 0.462. The molecule has 1 unspecified atom stereocenters. The Balaban J connectivity index is 3.00. The number of hydrogen-bond acceptors (Lipinski definition) is 6. The van der Waals surface area contributed by atoms with E-state index in [1.54, 1.807) is 6.92 Å². The lowest BCUT2D eigenvalue weighted by Gasteiger charge is -2.11. The number of pyridine rings is 1. The minimum Gasteiger partial charge on any atom is -0.465 e. The molecular formula is C13H17ClN2O5. The monoisotopic (exact) mass is 316 g/mol. The first kappa shape index (κ1) is 17.2. The van der Waals surface area contributed by atoms with E-state index < -0.39 is 12.1 Å². The van der Waals surface area contributed by atoms with Crippen LogP contribution in [0.2, 0.25) is 5.15 Å². The molecule has 0 saturated heterocycles. The lowest BCUT2D eigenvalue weighted by Crippen LogP contribution is -2.22. The van der Waals surface area contributed by atoms with Crippen LogP contribution in [0.25, 0.3) is 0 Å². The van der Waals surface area contributed by atoms with Gasteiger partial charge in [0, 0.05) is 25.7 Å². The maximum atomic E-state index is 11.8. The van der Waals surface area contributed by atoms with Gasteiger partial charge in [0.2, 0.25) is 0 Å². The third-order valence-corrected chi connectivity index (χ3v) is 3.06. The fourth-order valence-electron chi connectivity index (χ4n) is 1.53. The van der Waals surface area contributed by atoms with E-state index in [4.69, 9.17) is 21.5 Å². The summed E-state index contributed by atoms with van der Waals surface area (Å²) >= 11 is 6.01. The topological polar surface area (TPSA) is 90.1 Å². The second-order valence-electron chi connectivity index (χ2n) is 4.36. The van der Waals surface area contributed by atoms with Gasteiger partial charge in [-0.15, -0.1) is 0 Å². The zero-order chi connectivity index (χ0) is 16.0. The molecule has 1 rings (SSSR count). The molecule has 0 fully saturated rings. The van der Waals surface area contributed by atoms with Crippen LogP contribution in [0.1, 0.15) is 22.8 Å². The molecule has 21 heavy (non-hydrogen) atoms. The molecule has 1 aromatic heterocycles. The van der Waals surface area contributed by atoms with E-state index in [1.165, 1.54) is 26.4 Å². The van der Waals surface area contributed by atoms with Crippen LogP contribution in [0.4, 0.5) is 0 Å². The van der Waals surface area contributed by atoms with Crippen molar-refractivity contribution in [1.82, 2.24) is 4.57 Å². The van der Waals surface area contributed by atoms with Gasteiger partial charge in [0.25, 0.3) is 5.56 Å². The van der Waals surface area contributed by atoms with Crippen molar-refractivity contribution < 1.29 is 19.5 Å². The van der Waals surface area contributed by atoms with Gasteiger partial charge in [-0.05, 0) is 12.5 Å². The molecule has 8 heteroatoms. The van der Waals surface area contributed by atoms with E-state index in [0.717, 1.165) is 4.57 Å². The van der Waals surface area contributed by atoms with Crippen molar-refractivity contribution in [2.75, 3.05) is 13.7 Å². The van der Waals surface area contributed by atoms with Crippen molar-refractivity contribution in [3.63, 3.8) is 0 Å². The van der Waals surface area contributed by atoms with Gasteiger partial charge >= 0.3 is 5.97 Å². The first-order valence-electron chi connectivity index (χ1n) is 6.17. The minimum absolute atomic E-state index is 0.00245. The van der Waals surface area contributed by atoms with Crippen LogP contribution >= 0.6 is 11.6 Å². The molecule has 116 valence electrons. The quantitative estimate of drug-likeness (QED) is 0.362. The molecule has 1 atom stereocenters. The maximum absolute atomic E-state index is 11.8. The molecule has 7 nitrogen and oxygen atoms in total. The number of esters is 1. The largest absolute Gasteiger partial charge is 0.465 e. The Morgan fingerprint density at radius 1 is 1.62 bits per heavy atom. The first-order chi connectivity index (χ1) is 9.88. The molecule has 0 aliphatic rings. The number of aromatic nitrogens is 1. The minimum atomic E-state index is -0.635. The Hall–Kier alpha value is -1.86. The number of aliphatic hydroxyl groups is 1. The molecule has 0 bridgehead atoms. The van der Waals surface area contributed by atoms with Gasteiger partial charge in [0.1, 0.15) is 11.8 Å². The van der Waals surface area contributed by atoms with Crippen molar-refractivity contribution in [1.29, 1.82) is 0 Å². The number of nitrogens with zero attached hydrogens (tertiary/aromatic N) is 2. The van der Waals surface area contributed by atoms with Crippen LogP contribution < -0.4 is 5.56 Å². The van der Waals surface area contributed by atoms with E-state index >= 15 is 0 Å². The SMILES string of the molecule is COC(=O)c1c(CC=NOCC(C)O)cc(=O)n(C)c1Cl. The summed E-state index contributed by atoms with van der Waals surface area (Å²) in [6, 6.07) is 1.29. The van der Waals surface area contributed by atoms with Gasteiger partial charge in [-0.3, -0.25) is 4.79 Å². The number of carbonyl (C=O) groups excluding carboxylic acids is 1. The van der Waals surface area contributed by atoms with Gasteiger partial charge in [0.15, 0.2) is 0 Å². The lowest BCUT2D eigenvalue weighted by atomic mass is 10.1. The molecule has 1 aromatic rings. The molecule has 0 aliphatic heterocycles. The number of methoxy groups -OCH3 is 1. The Morgan fingerprint density at radius 3 is 2.86 bits per heavy atom. The fourth-order valence-corrected chi connectivity index (χ4v) is 1.81. The smallest absolute Gasteiger partial charge is 0.341 e. The Kier molecular flexibility index (Phi) is 6.39. The number of halogens is 1. The number of hydrogen-bond donors (Lipinski definition) is 1. The standard InChI is InChI=1S/C13H17ClN2O5/c1-8(17)7-21-15-5-4-9-6-10(18)16(2)12(14)11(9)13(19)20-3/h5-6,8,17H,4,7H2,1-3H3. The van der Waals surface area contributed by atoms with Crippen molar-refractivity contribution in [3.8, 4) is 0 Å². The second-order valence-corrected chi connectivity index (χ2v) is 4.72. The van der Waals surface area contributed by atoms with Crippen LogP contribution in [0, 0.1) is 0 Å². The molecule has 1 heterocycles. The molecule has 0 aliphatic carbocycles. The molecular weight excluding hydrogens is 300 g/mol. The van der Waals surface area contributed by atoms with E-state index in [9.17, 15) is 9.59 Å². The number of carbonyl (C=O) groups is 1. The normalized spacial score (nSPS) is 12.4. The van der Waals surface area contributed by atoms with Crippen LogP contribution in [0.5, 0.6) is 0 Å². The van der Waals surface area contributed by atoms with Gasteiger partial charge in [-0.2, -0.15) is 0 Å². The lowest BCUT2D eigenvalue weighted by molar-refractivity contribution is 0.0506. The van der Waals surface area contributed by atoms with Crippen molar-refractivity contribution in [3.05, 3.63) is 32.7 Å². The number of oxime groups is 1. The number of ether oxygens (including phenoxy) is 1. The highest BCUT2D eigenvalue weighted by atomic mass is 35.5. The summed E-state index contributed by atoms with van der Waals surface area (Å²) in [4.78, 5) is 28.3. The zero-order valence-electron chi connectivity index (χ0n) is 12.0. The Morgan fingerprint density at radius 2 is 2.29 bits per heavy atom. The summed E-state index contributed by atoms with van der Waals surface area (Å²) in [6.07, 6.45) is 0.909. The van der Waals surface area contributed by atoms with Gasteiger partial charge in [0.05, 0.1) is 18.8 Å². The van der Waals surface area contributed by atoms with Crippen LogP contribution in [-0.4, -0.2) is 41.7 Å². The van der Waals surface area contributed by atoms with Crippen molar-refractivity contribution in [2.24, 2.45) is 12.2 Å². The first-order valence-corrected chi connectivity index (χ1v) is 6.54. The third-order valence-electron chi connectivity index (χ3n) is 2.62. The summed E-state index contributed by atoms with van der Waals surface area (Å²) < 4.78 is 5.82. The Bertz CT molecular complexity index is 595. The molecule has 0 amide bonds. The van der Waals surface area contributed by atoms with Crippen LogP contribution in [0.15, 0.2) is 16.0 Å². The number of aliphatic hydroxyl groups excluding tert-OH is 1. The highest BCUT2D eigenvalue weighted by Crippen LogP contribution is 2.18. The predicted molar refractivity (Wildman–Crippen MR) is 77.9 cm³/mol. The van der Waals surface area contributed by atoms with Gasteiger partial charge in [-0.1, -0.05) is 16.8 Å². The second kappa shape index (κ2) is 7.80. The molecule has 1 N–H and O–H groups in total. The zero-order valence-corrected chi connectivity index (χ0v) is 12.8. The third kappa shape index (κ3) is 4.57. The summed E-state index contributed by atoms with van der Waals surface area (Å²) in [6.45, 7) is 1.61. The highest BCUT2D eigenvalue weighted by Gasteiger charge is 2.19. The Labute approximate surface area is 126 Å². The van der Waals surface area contributed by atoms with Crippen molar-refractivity contribution in [2.45, 2.75) is 19.4 Å². The molecule has 0 radical (unpaired) electrons. The maximum Gasteiger partial charge on any atom is 0.341 e. The average Bonchev–Trinajstić information content (AvgIpc) is 2.43. The summed E-state index contributed by atoms with van der Waals surface area (Å²) in [5.74, 6) is -0.635. The van der Waals surface area contributed by atoms with Gasteiger partial charge < -0.3 is 19.2 Å². The van der Waals surface area contributed by atoms with Crippen molar-refractivity contribution >= 4 is 23.8 Å². The van der Waals surface area contributed by atoms with E-state index in [1.807, 2.05) is 0 Å². The molecule has 0 spiro atoms. The van der Waals surface area contributed by atoms with E-state index in [0.29, 0.717) is 5.56 Å². The summed E-state index contributed by atoms with van der Waals surface area (Å²) in [5.41, 5.74) is 0.156. The summed E-state index contributed by atoms with van der Waals surface area (Å²) in [5, 5.41) is 12.6. The van der Waals surface area contributed by atoms with Crippen LogP contribution in [-0.2, 0) is 23.0 Å². The average molecular weight is 317 g/mol. The summed E-state index contributed by atoms with van der Waals surface area (Å²) in [7, 11) is 2.69. The number of rotatable bonds is 6. The molecule has 0 aromatic carbocycles. The molecule has 0 saturated carbocycles. The highest BCUT2D eigenvalue weighted by molar-refractivity contribution is 6.32. The van der Waals surface area contributed by atoms with E-state index in [2.05, 4.69) is 9.89 Å². The predicted octanol–water partition coefficient (Wildman–Crippen LogP) is 0.751.